The van der Waals surface area contributed by atoms with Gasteiger partial charge in [-0.3, -0.25) is 14.5 Å². The Kier molecular flexibility index (Phi) is 4.33. The maximum Gasteiger partial charge on any atom is 0.0670 e. The first-order valence-corrected chi connectivity index (χ1v) is 8.36. The van der Waals surface area contributed by atoms with Gasteiger partial charge in [0.2, 0.25) is 0 Å². The van der Waals surface area contributed by atoms with Crippen LogP contribution in [0.25, 0.3) is 0 Å². The van der Waals surface area contributed by atoms with Crippen molar-refractivity contribution in [2.24, 2.45) is 12.8 Å². The molecule has 1 aromatic rings. The summed E-state index contributed by atoms with van der Waals surface area (Å²) in [6.07, 6.45) is 5.84. The van der Waals surface area contributed by atoms with E-state index in [1.165, 1.54) is 37.2 Å². The van der Waals surface area contributed by atoms with Crippen molar-refractivity contribution >= 4 is 0 Å². The van der Waals surface area contributed by atoms with E-state index in [-0.39, 0.29) is 0 Å². The SMILES string of the molecule is CCc1nn(C)cc1C(CN)N1CC2CCCN2CC1C. The van der Waals surface area contributed by atoms with Crippen molar-refractivity contribution < 1.29 is 0 Å². The van der Waals surface area contributed by atoms with E-state index in [0.717, 1.165) is 19.0 Å². The molecule has 2 fully saturated rings. The summed E-state index contributed by atoms with van der Waals surface area (Å²) in [5, 5.41) is 4.61. The zero-order valence-electron chi connectivity index (χ0n) is 13.6. The first-order chi connectivity index (χ1) is 10.1. The first kappa shape index (κ1) is 15.0. The van der Waals surface area contributed by atoms with Crippen LogP contribution >= 0.6 is 0 Å². The number of aryl methyl sites for hydroxylation is 2. The lowest BCUT2D eigenvalue weighted by Gasteiger charge is -2.45. The molecule has 5 nitrogen and oxygen atoms in total. The van der Waals surface area contributed by atoms with Crippen LogP contribution in [0.5, 0.6) is 0 Å². The lowest BCUT2D eigenvalue weighted by molar-refractivity contribution is 0.0294. The Hall–Kier alpha value is -0.910. The number of hydrogen-bond donors (Lipinski definition) is 1. The summed E-state index contributed by atoms with van der Waals surface area (Å²) >= 11 is 0. The van der Waals surface area contributed by atoms with E-state index in [0.29, 0.717) is 18.6 Å². The summed E-state index contributed by atoms with van der Waals surface area (Å²) < 4.78 is 1.94. The van der Waals surface area contributed by atoms with Gasteiger partial charge < -0.3 is 5.73 Å². The summed E-state index contributed by atoms with van der Waals surface area (Å²) in [5.41, 5.74) is 8.71. The number of piperazine rings is 1. The molecule has 2 aliphatic heterocycles. The van der Waals surface area contributed by atoms with E-state index in [1.807, 2.05) is 11.7 Å². The number of fused-ring (bicyclic) bond motifs is 1. The van der Waals surface area contributed by atoms with Crippen LogP contribution in [0, 0.1) is 0 Å². The molecule has 3 atom stereocenters. The molecule has 0 aliphatic carbocycles. The quantitative estimate of drug-likeness (QED) is 0.904. The number of hydrogen-bond acceptors (Lipinski definition) is 4. The highest BCUT2D eigenvalue weighted by Crippen LogP contribution is 2.32. The largest absolute Gasteiger partial charge is 0.329 e. The fourth-order valence-corrected chi connectivity index (χ4v) is 4.19. The summed E-state index contributed by atoms with van der Waals surface area (Å²) in [4.78, 5) is 5.29. The highest BCUT2D eigenvalue weighted by molar-refractivity contribution is 5.23. The van der Waals surface area contributed by atoms with Crippen molar-refractivity contribution in [2.45, 2.75) is 51.2 Å². The topological polar surface area (TPSA) is 50.3 Å². The zero-order valence-corrected chi connectivity index (χ0v) is 13.6. The van der Waals surface area contributed by atoms with E-state index >= 15 is 0 Å². The van der Waals surface area contributed by atoms with Crippen molar-refractivity contribution in [1.29, 1.82) is 0 Å². The van der Waals surface area contributed by atoms with E-state index < -0.39 is 0 Å². The van der Waals surface area contributed by atoms with Gasteiger partial charge in [0.25, 0.3) is 0 Å². The fraction of sp³-hybridized carbons (Fsp3) is 0.812. The van der Waals surface area contributed by atoms with E-state index in [4.69, 9.17) is 5.73 Å². The minimum absolute atomic E-state index is 0.311. The molecule has 21 heavy (non-hydrogen) atoms. The average Bonchev–Trinajstić information content (AvgIpc) is 3.06. The molecule has 5 heteroatoms. The molecule has 3 heterocycles. The van der Waals surface area contributed by atoms with E-state index in [2.05, 4.69) is 34.9 Å². The second kappa shape index (κ2) is 6.07. The average molecular weight is 291 g/mol. The highest BCUT2D eigenvalue weighted by Gasteiger charge is 2.38. The molecule has 1 aromatic heterocycles. The second-order valence-corrected chi connectivity index (χ2v) is 6.65. The van der Waals surface area contributed by atoms with Gasteiger partial charge in [0, 0.05) is 50.5 Å². The van der Waals surface area contributed by atoms with Crippen LogP contribution in [0.1, 0.15) is 44.0 Å². The van der Waals surface area contributed by atoms with Crippen molar-refractivity contribution in [1.82, 2.24) is 19.6 Å². The smallest absolute Gasteiger partial charge is 0.0670 e. The molecule has 0 bridgehead atoms. The van der Waals surface area contributed by atoms with Gasteiger partial charge in [0.15, 0.2) is 0 Å². The highest BCUT2D eigenvalue weighted by atomic mass is 15.3. The molecule has 0 aromatic carbocycles. The van der Waals surface area contributed by atoms with Crippen molar-refractivity contribution in [3.63, 3.8) is 0 Å². The van der Waals surface area contributed by atoms with Gasteiger partial charge in [0.1, 0.15) is 0 Å². The Bertz CT molecular complexity index is 483. The molecule has 2 N–H and O–H groups in total. The predicted octanol–water partition coefficient (Wildman–Crippen LogP) is 1.15. The Morgan fingerprint density at radius 3 is 2.95 bits per heavy atom. The van der Waals surface area contributed by atoms with Gasteiger partial charge in [0.05, 0.1) is 11.7 Å². The monoisotopic (exact) mass is 291 g/mol. The van der Waals surface area contributed by atoms with Crippen LogP contribution in [0.4, 0.5) is 0 Å². The van der Waals surface area contributed by atoms with E-state index in [9.17, 15) is 0 Å². The molecule has 0 spiro atoms. The fourth-order valence-electron chi connectivity index (χ4n) is 4.19. The molecule has 3 rings (SSSR count). The van der Waals surface area contributed by atoms with Gasteiger partial charge in [-0.15, -0.1) is 0 Å². The van der Waals surface area contributed by atoms with Crippen LogP contribution in [-0.4, -0.2) is 57.8 Å². The summed E-state index contributed by atoms with van der Waals surface area (Å²) in [5.74, 6) is 0. The molecule has 0 radical (unpaired) electrons. The van der Waals surface area contributed by atoms with E-state index in [1.54, 1.807) is 0 Å². The lowest BCUT2D eigenvalue weighted by atomic mass is 9.99. The Balaban J connectivity index is 1.84. The van der Waals surface area contributed by atoms with Crippen LogP contribution < -0.4 is 5.73 Å². The number of aromatic nitrogens is 2. The molecular formula is C16H29N5. The Morgan fingerprint density at radius 2 is 2.24 bits per heavy atom. The molecule has 0 saturated carbocycles. The zero-order chi connectivity index (χ0) is 15.0. The lowest BCUT2D eigenvalue weighted by Crippen LogP contribution is -2.56. The van der Waals surface area contributed by atoms with Crippen LogP contribution in [-0.2, 0) is 13.5 Å². The predicted molar refractivity (Wildman–Crippen MR) is 85.1 cm³/mol. The van der Waals surface area contributed by atoms with Gasteiger partial charge in [-0.05, 0) is 32.7 Å². The van der Waals surface area contributed by atoms with Crippen LogP contribution in [0.2, 0.25) is 0 Å². The number of nitrogens with two attached hydrogens (primary N) is 1. The number of nitrogens with zero attached hydrogens (tertiary/aromatic N) is 4. The molecule has 118 valence electrons. The molecule has 3 unspecified atom stereocenters. The number of rotatable bonds is 4. The maximum atomic E-state index is 6.18. The first-order valence-electron chi connectivity index (χ1n) is 8.36. The van der Waals surface area contributed by atoms with Gasteiger partial charge in [-0.1, -0.05) is 6.92 Å². The molecular weight excluding hydrogens is 262 g/mol. The molecule has 2 aliphatic rings. The maximum absolute atomic E-state index is 6.18. The normalized spacial score (nSPS) is 28.8. The minimum atomic E-state index is 0.311. The Labute approximate surface area is 128 Å². The summed E-state index contributed by atoms with van der Waals surface area (Å²) in [6.45, 7) is 8.82. The molecule has 2 saturated heterocycles. The van der Waals surface area contributed by atoms with Crippen molar-refractivity contribution in [2.75, 3.05) is 26.2 Å². The van der Waals surface area contributed by atoms with Gasteiger partial charge in [-0.2, -0.15) is 5.10 Å². The third kappa shape index (κ3) is 2.74. The van der Waals surface area contributed by atoms with Gasteiger partial charge in [-0.25, -0.2) is 0 Å². The summed E-state index contributed by atoms with van der Waals surface area (Å²) in [6, 6.07) is 1.61. The standard InChI is InChI=1S/C16H29N5/c1-4-15-14(11-19(3)18-15)16(8-17)21-10-13-6-5-7-20(13)9-12(21)2/h11-13,16H,4-10,17H2,1-3H3. The van der Waals surface area contributed by atoms with Crippen LogP contribution in [0.3, 0.4) is 0 Å². The Morgan fingerprint density at radius 1 is 1.43 bits per heavy atom. The third-order valence-corrected chi connectivity index (χ3v) is 5.24. The van der Waals surface area contributed by atoms with Crippen molar-refractivity contribution in [3.8, 4) is 0 Å². The van der Waals surface area contributed by atoms with Crippen molar-refractivity contribution in [3.05, 3.63) is 17.5 Å². The minimum Gasteiger partial charge on any atom is -0.329 e. The molecule has 0 amide bonds. The third-order valence-electron chi connectivity index (χ3n) is 5.24. The van der Waals surface area contributed by atoms with Crippen LogP contribution in [0.15, 0.2) is 6.20 Å². The van der Waals surface area contributed by atoms with Gasteiger partial charge >= 0.3 is 0 Å². The summed E-state index contributed by atoms with van der Waals surface area (Å²) in [7, 11) is 2.01. The second-order valence-electron chi connectivity index (χ2n) is 6.65.